The highest BCUT2D eigenvalue weighted by Gasteiger charge is 2.27. The van der Waals surface area contributed by atoms with E-state index < -0.39 is 46.2 Å². The first kappa shape index (κ1) is 14.7. The molecule has 21 heavy (non-hydrogen) atoms. The van der Waals surface area contributed by atoms with Crippen molar-refractivity contribution in [2.45, 2.75) is 0 Å². The lowest BCUT2D eigenvalue weighted by molar-refractivity contribution is 0.102. The summed E-state index contributed by atoms with van der Waals surface area (Å²) in [5.41, 5.74) is -2.49. The monoisotopic (exact) mass is 304 g/mol. The number of hydrogen-bond donors (Lipinski definition) is 2. The molecule has 0 unspecified atom stereocenters. The maximum atomic E-state index is 13.4. The standard InChI is InChI=1S/C12H5F5N2O2/c13-6-7(14)9(16)11(10(17)8(6)15)19-12(21)4-1-2-18-5(20)3-4/h1-3H,(H,18,20)(H,19,21). The van der Waals surface area contributed by atoms with E-state index in [0.29, 0.717) is 0 Å². The van der Waals surface area contributed by atoms with Crippen molar-refractivity contribution >= 4 is 11.6 Å². The minimum Gasteiger partial charge on any atom is -0.329 e. The zero-order valence-electron chi connectivity index (χ0n) is 9.94. The topological polar surface area (TPSA) is 62.0 Å². The van der Waals surface area contributed by atoms with Crippen LogP contribution >= 0.6 is 0 Å². The first-order valence-electron chi connectivity index (χ1n) is 5.34. The van der Waals surface area contributed by atoms with Crippen LogP contribution in [0.3, 0.4) is 0 Å². The van der Waals surface area contributed by atoms with Crippen LogP contribution in [0.5, 0.6) is 0 Å². The highest BCUT2D eigenvalue weighted by Crippen LogP contribution is 2.27. The van der Waals surface area contributed by atoms with Gasteiger partial charge < -0.3 is 10.3 Å². The van der Waals surface area contributed by atoms with Crippen molar-refractivity contribution in [3.8, 4) is 0 Å². The lowest BCUT2D eigenvalue weighted by atomic mass is 10.2. The summed E-state index contributed by atoms with van der Waals surface area (Å²) in [4.78, 5) is 24.8. The van der Waals surface area contributed by atoms with Crippen LogP contribution in [-0.2, 0) is 0 Å². The molecule has 1 heterocycles. The SMILES string of the molecule is O=C(Nc1c(F)c(F)c(F)c(F)c1F)c1cc[nH]c(=O)c1. The van der Waals surface area contributed by atoms with E-state index in [1.165, 1.54) is 0 Å². The summed E-state index contributed by atoms with van der Waals surface area (Å²) in [5, 5.41) is 1.54. The predicted octanol–water partition coefficient (Wildman–Crippen LogP) is 2.32. The molecule has 2 rings (SSSR count). The molecule has 9 heteroatoms. The fourth-order valence-corrected chi connectivity index (χ4v) is 1.49. The largest absolute Gasteiger partial charge is 0.329 e. The molecule has 1 amide bonds. The van der Waals surface area contributed by atoms with Crippen molar-refractivity contribution < 1.29 is 26.7 Å². The van der Waals surface area contributed by atoms with Crippen LogP contribution in [0, 0.1) is 29.1 Å². The highest BCUT2D eigenvalue weighted by molar-refractivity contribution is 6.04. The fraction of sp³-hybridized carbons (Fsp3) is 0. The summed E-state index contributed by atoms with van der Waals surface area (Å²) in [5.74, 6) is -12.3. The van der Waals surface area contributed by atoms with Gasteiger partial charge in [-0.15, -0.1) is 0 Å². The number of pyridine rings is 1. The van der Waals surface area contributed by atoms with Gasteiger partial charge in [-0.2, -0.15) is 0 Å². The molecule has 1 aromatic carbocycles. The Morgan fingerprint density at radius 2 is 1.48 bits per heavy atom. The molecule has 0 aliphatic carbocycles. The van der Waals surface area contributed by atoms with Gasteiger partial charge in [-0.25, -0.2) is 22.0 Å². The maximum absolute atomic E-state index is 13.4. The third-order valence-corrected chi connectivity index (χ3v) is 2.49. The predicted molar refractivity (Wildman–Crippen MR) is 61.2 cm³/mol. The summed E-state index contributed by atoms with van der Waals surface area (Å²) < 4.78 is 65.4. The third kappa shape index (κ3) is 2.62. The zero-order chi connectivity index (χ0) is 15.7. The second-order valence-electron chi connectivity index (χ2n) is 3.84. The van der Waals surface area contributed by atoms with E-state index in [4.69, 9.17) is 0 Å². The number of halogens is 5. The minimum atomic E-state index is -2.33. The Kier molecular flexibility index (Phi) is 3.74. The van der Waals surface area contributed by atoms with Crippen molar-refractivity contribution in [3.05, 3.63) is 63.3 Å². The van der Waals surface area contributed by atoms with Crippen LogP contribution in [-0.4, -0.2) is 10.9 Å². The third-order valence-electron chi connectivity index (χ3n) is 2.49. The number of carbonyl (C=O) groups is 1. The Bertz CT molecular complexity index is 759. The van der Waals surface area contributed by atoms with Gasteiger partial charge in [0.15, 0.2) is 23.3 Å². The normalized spacial score (nSPS) is 10.5. The van der Waals surface area contributed by atoms with Crippen molar-refractivity contribution in [1.82, 2.24) is 4.98 Å². The van der Waals surface area contributed by atoms with Crippen LogP contribution in [0.15, 0.2) is 23.1 Å². The van der Waals surface area contributed by atoms with Gasteiger partial charge in [0, 0.05) is 17.8 Å². The number of rotatable bonds is 2. The van der Waals surface area contributed by atoms with E-state index in [1.54, 1.807) is 5.32 Å². The summed E-state index contributed by atoms with van der Waals surface area (Å²) >= 11 is 0. The number of H-pyrrole nitrogens is 1. The number of nitrogens with one attached hydrogen (secondary N) is 2. The number of benzene rings is 1. The van der Waals surface area contributed by atoms with Gasteiger partial charge in [-0.05, 0) is 6.07 Å². The van der Waals surface area contributed by atoms with E-state index in [9.17, 15) is 31.5 Å². The number of aromatic nitrogens is 1. The van der Waals surface area contributed by atoms with Crippen LogP contribution in [0.4, 0.5) is 27.6 Å². The van der Waals surface area contributed by atoms with Gasteiger partial charge in [0.25, 0.3) is 5.91 Å². The van der Waals surface area contributed by atoms with Crippen LogP contribution in [0.25, 0.3) is 0 Å². The molecule has 0 saturated heterocycles. The van der Waals surface area contributed by atoms with Gasteiger partial charge in [-0.1, -0.05) is 0 Å². The van der Waals surface area contributed by atoms with E-state index in [-0.39, 0.29) is 5.56 Å². The molecular weight excluding hydrogens is 299 g/mol. The number of anilines is 1. The van der Waals surface area contributed by atoms with Crippen LogP contribution in [0.2, 0.25) is 0 Å². The molecule has 0 fully saturated rings. The van der Waals surface area contributed by atoms with Gasteiger partial charge in [0.1, 0.15) is 5.69 Å². The second-order valence-corrected chi connectivity index (χ2v) is 3.84. The van der Waals surface area contributed by atoms with E-state index in [2.05, 4.69) is 4.98 Å². The average molecular weight is 304 g/mol. The zero-order valence-corrected chi connectivity index (χ0v) is 9.94. The summed E-state index contributed by atoms with van der Waals surface area (Å²) in [6.07, 6.45) is 1.08. The molecule has 0 aliphatic rings. The molecule has 4 nitrogen and oxygen atoms in total. The van der Waals surface area contributed by atoms with Gasteiger partial charge in [0.2, 0.25) is 11.4 Å². The summed E-state index contributed by atoms with van der Waals surface area (Å²) in [6, 6.07) is 1.88. The minimum absolute atomic E-state index is 0.317. The lowest BCUT2D eigenvalue weighted by Crippen LogP contribution is -2.18. The number of hydrogen-bond acceptors (Lipinski definition) is 2. The molecule has 2 N–H and O–H groups in total. The molecule has 0 atom stereocenters. The second kappa shape index (κ2) is 5.35. The van der Waals surface area contributed by atoms with Gasteiger partial charge in [0.05, 0.1) is 0 Å². The first-order chi connectivity index (χ1) is 9.82. The maximum Gasteiger partial charge on any atom is 0.256 e. The lowest BCUT2D eigenvalue weighted by Gasteiger charge is -2.09. The van der Waals surface area contributed by atoms with Gasteiger partial charge >= 0.3 is 0 Å². The molecule has 110 valence electrons. The van der Waals surface area contributed by atoms with Crippen molar-refractivity contribution in [3.63, 3.8) is 0 Å². The van der Waals surface area contributed by atoms with E-state index >= 15 is 0 Å². The molecular formula is C12H5F5N2O2. The number of aromatic amines is 1. The Labute approximate surface area is 113 Å². The van der Waals surface area contributed by atoms with Crippen LogP contribution < -0.4 is 10.9 Å². The van der Waals surface area contributed by atoms with Crippen molar-refractivity contribution in [2.75, 3.05) is 5.32 Å². The Morgan fingerprint density at radius 1 is 0.952 bits per heavy atom. The first-order valence-corrected chi connectivity index (χ1v) is 5.34. The highest BCUT2D eigenvalue weighted by atomic mass is 19.2. The van der Waals surface area contributed by atoms with E-state index in [0.717, 1.165) is 18.3 Å². The number of carbonyl (C=O) groups excluding carboxylic acids is 1. The summed E-state index contributed by atoms with van der Waals surface area (Å²) in [6.45, 7) is 0. The van der Waals surface area contributed by atoms with E-state index in [1.807, 2.05) is 0 Å². The quantitative estimate of drug-likeness (QED) is 0.508. The Hall–Kier alpha value is -2.71. The van der Waals surface area contributed by atoms with Gasteiger partial charge in [-0.3, -0.25) is 9.59 Å². The van der Waals surface area contributed by atoms with Crippen molar-refractivity contribution in [2.24, 2.45) is 0 Å². The molecule has 0 saturated carbocycles. The van der Waals surface area contributed by atoms with Crippen LogP contribution in [0.1, 0.15) is 10.4 Å². The Morgan fingerprint density at radius 3 is 2.00 bits per heavy atom. The molecule has 1 aromatic heterocycles. The Balaban J connectivity index is 2.45. The molecule has 0 aliphatic heterocycles. The molecule has 0 radical (unpaired) electrons. The fourth-order valence-electron chi connectivity index (χ4n) is 1.49. The summed E-state index contributed by atoms with van der Waals surface area (Å²) in [7, 11) is 0. The molecule has 0 spiro atoms. The molecule has 2 aromatic rings. The van der Waals surface area contributed by atoms with Crippen molar-refractivity contribution in [1.29, 1.82) is 0 Å². The smallest absolute Gasteiger partial charge is 0.256 e. The molecule has 0 bridgehead atoms. The number of amides is 1. The average Bonchev–Trinajstić information content (AvgIpc) is 2.47.